The molecule has 0 atom stereocenters. The average molecular weight is 315 g/mol. The summed E-state index contributed by atoms with van der Waals surface area (Å²) < 4.78 is 0. The summed E-state index contributed by atoms with van der Waals surface area (Å²) in [5.41, 5.74) is 1.43. The van der Waals surface area contributed by atoms with Gasteiger partial charge in [0.2, 0.25) is 0 Å². The van der Waals surface area contributed by atoms with Crippen LogP contribution < -0.4 is 10.6 Å². The number of thiocarbonyl (C=S) groups is 1. The highest BCUT2D eigenvalue weighted by Gasteiger charge is 2.13. The molecule has 0 radical (unpaired) electrons. The van der Waals surface area contributed by atoms with Crippen LogP contribution in [0.5, 0.6) is 0 Å². The monoisotopic (exact) mass is 314 g/mol. The van der Waals surface area contributed by atoms with Crippen molar-refractivity contribution in [1.82, 2.24) is 10.6 Å². The predicted molar refractivity (Wildman–Crippen MR) is 91.1 cm³/mol. The third kappa shape index (κ3) is 6.15. The topological polar surface area (TPSA) is 24.1 Å². The van der Waals surface area contributed by atoms with Gasteiger partial charge in [0, 0.05) is 24.1 Å². The zero-order valence-electron chi connectivity index (χ0n) is 11.2. The van der Waals surface area contributed by atoms with Crippen molar-refractivity contribution in [3.05, 3.63) is 22.4 Å². The van der Waals surface area contributed by atoms with Crippen LogP contribution in [0.2, 0.25) is 0 Å². The molecule has 106 valence electrons. The molecule has 1 aromatic heterocycles. The average Bonchev–Trinajstić information content (AvgIpc) is 2.92. The van der Waals surface area contributed by atoms with Gasteiger partial charge in [0.05, 0.1) is 0 Å². The summed E-state index contributed by atoms with van der Waals surface area (Å²) in [5.74, 6) is 2.20. The first-order valence-electron chi connectivity index (χ1n) is 6.98. The first kappa shape index (κ1) is 15.1. The van der Waals surface area contributed by atoms with Gasteiger partial charge in [-0.3, -0.25) is 0 Å². The van der Waals surface area contributed by atoms with E-state index in [0.717, 1.165) is 23.2 Å². The normalized spacial score (nSPS) is 16.2. The molecular formula is C14H22N2S3. The van der Waals surface area contributed by atoms with E-state index in [0.29, 0.717) is 6.04 Å². The van der Waals surface area contributed by atoms with Crippen LogP contribution >= 0.6 is 35.3 Å². The molecule has 1 aliphatic carbocycles. The Morgan fingerprint density at radius 1 is 1.37 bits per heavy atom. The highest BCUT2D eigenvalue weighted by Crippen LogP contribution is 2.17. The Labute approximate surface area is 129 Å². The van der Waals surface area contributed by atoms with Crippen molar-refractivity contribution in [2.24, 2.45) is 0 Å². The van der Waals surface area contributed by atoms with Gasteiger partial charge in [-0.25, -0.2) is 0 Å². The van der Waals surface area contributed by atoms with E-state index in [9.17, 15) is 0 Å². The zero-order chi connectivity index (χ0) is 13.3. The van der Waals surface area contributed by atoms with Crippen molar-refractivity contribution in [2.75, 3.05) is 12.3 Å². The van der Waals surface area contributed by atoms with E-state index in [4.69, 9.17) is 12.2 Å². The Bertz CT molecular complexity index is 359. The summed E-state index contributed by atoms with van der Waals surface area (Å²) in [5, 5.41) is 11.9. The minimum Gasteiger partial charge on any atom is -0.362 e. The summed E-state index contributed by atoms with van der Waals surface area (Å²) >= 11 is 9.06. The fraction of sp³-hybridized carbons (Fsp3) is 0.643. The van der Waals surface area contributed by atoms with Crippen LogP contribution in [0, 0.1) is 0 Å². The fourth-order valence-corrected chi connectivity index (χ4v) is 4.13. The van der Waals surface area contributed by atoms with E-state index in [1.165, 1.54) is 37.7 Å². The molecule has 2 N–H and O–H groups in total. The molecule has 0 aromatic carbocycles. The highest BCUT2D eigenvalue weighted by atomic mass is 32.2. The molecule has 5 heteroatoms. The maximum Gasteiger partial charge on any atom is 0.166 e. The van der Waals surface area contributed by atoms with Gasteiger partial charge < -0.3 is 10.6 Å². The smallest absolute Gasteiger partial charge is 0.166 e. The molecule has 1 heterocycles. The lowest BCUT2D eigenvalue weighted by Gasteiger charge is -2.24. The lowest BCUT2D eigenvalue weighted by molar-refractivity contribution is 0.412. The van der Waals surface area contributed by atoms with Crippen LogP contribution in [-0.2, 0) is 5.75 Å². The minimum absolute atomic E-state index is 0.604. The number of thioether (sulfide) groups is 1. The molecule has 1 aliphatic rings. The van der Waals surface area contributed by atoms with E-state index in [2.05, 4.69) is 27.5 Å². The quantitative estimate of drug-likeness (QED) is 0.616. The molecule has 1 saturated carbocycles. The molecule has 0 bridgehead atoms. The molecule has 2 nitrogen and oxygen atoms in total. The van der Waals surface area contributed by atoms with Gasteiger partial charge in [-0.05, 0) is 47.4 Å². The number of hydrogen-bond donors (Lipinski definition) is 2. The molecule has 0 spiro atoms. The summed E-state index contributed by atoms with van der Waals surface area (Å²) in [6, 6.07) is 2.80. The van der Waals surface area contributed by atoms with E-state index in [-0.39, 0.29) is 0 Å². The summed E-state index contributed by atoms with van der Waals surface area (Å²) in [7, 11) is 0. The van der Waals surface area contributed by atoms with Crippen LogP contribution in [-0.4, -0.2) is 23.5 Å². The molecule has 0 amide bonds. The van der Waals surface area contributed by atoms with Gasteiger partial charge in [0.1, 0.15) is 0 Å². The third-order valence-electron chi connectivity index (χ3n) is 3.32. The fourth-order valence-electron chi connectivity index (χ4n) is 2.28. The van der Waals surface area contributed by atoms with Crippen LogP contribution in [0.25, 0.3) is 0 Å². The number of nitrogens with one attached hydrogen (secondary N) is 2. The summed E-state index contributed by atoms with van der Waals surface area (Å²) in [4.78, 5) is 0. The predicted octanol–water partition coefficient (Wildman–Crippen LogP) is 3.78. The largest absolute Gasteiger partial charge is 0.362 e. The van der Waals surface area contributed by atoms with Crippen molar-refractivity contribution in [1.29, 1.82) is 0 Å². The molecule has 2 rings (SSSR count). The van der Waals surface area contributed by atoms with Crippen LogP contribution in [0.3, 0.4) is 0 Å². The van der Waals surface area contributed by atoms with Gasteiger partial charge in [-0.15, -0.1) is 0 Å². The van der Waals surface area contributed by atoms with Gasteiger partial charge >= 0.3 is 0 Å². The first-order valence-corrected chi connectivity index (χ1v) is 9.48. The maximum atomic E-state index is 5.33. The van der Waals surface area contributed by atoms with Crippen molar-refractivity contribution >= 4 is 40.4 Å². The lowest BCUT2D eigenvalue weighted by atomic mass is 9.96. The Morgan fingerprint density at radius 2 is 2.21 bits per heavy atom. The Kier molecular flexibility index (Phi) is 7.03. The highest BCUT2D eigenvalue weighted by molar-refractivity contribution is 7.98. The molecular weight excluding hydrogens is 292 g/mol. The van der Waals surface area contributed by atoms with Crippen LogP contribution in [0.15, 0.2) is 16.8 Å². The van der Waals surface area contributed by atoms with E-state index in [1.54, 1.807) is 11.3 Å². The molecule has 0 unspecified atom stereocenters. The van der Waals surface area contributed by atoms with Gasteiger partial charge in [0.15, 0.2) is 5.11 Å². The number of hydrogen-bond acceptors (Lipinski definition) is 3. The maximum absolute atomic E-state index is 5.33. The number of thiophene rings is 1. The second-order valence-electron chi connectivity index (χ2n) is 4.92. The van der Waals surface area contributed by atoms with Crippen molar-refractivity contribution < 1.29 is 0 Å². The van der Waals surface area contributed by atoms with E-state index in [1.807, 2.05) is 11.8 Å². The van der Waals surface area contributed by atoms with E-state index < -0.39 is 0 Å². The lowest BCUT2D eigenvalue weighted by Crippen LogP contribution is -2.43. The number of rotatable bonds is 6. The molecule has 1 fully saturated rings. The second-order valence-corrected chi connectivity index (χ2v) is 7.21. The molecule has 19 heavy (non-hydrogen) atoms. The summed E-state index contributed by atoms with van der Waals surface area (Å²) in [6.45, 7) is 0.952. The standard InChI is InChI=1S/C14H22N2S3/c17-14(16-13-4-2-1-3-5-13)15-7-9-19-11-12-6-8-18-10-12/h6,8,10,13H,1-5,7,9,11H2,(H2,15,16,17). The Hall–Kier alpha value is -0.260. The first-order chi connectivity index (χ1) is 9.34. The van der Waals surface area contributed by atoms with Crippen molar-refractivity contribution in [3.8, 4) is 0 Å². The van der Waals surface area contributed by atoms with Crippen molar-refractivity contribution in [2.45, 2.75) is 43.9 Å². The molecule has 0 aliphatic heterocycles. The second kappa shape index (κ2) is 8.82. The van der Waals surface area contributed by atoms with Crippen LogP contribution in [0.4, 0.5) is 0 Å². The van der Waals surface area contributed by atoms with Gasteiger partial charge in [-0.2, -0.15) is 23.1 Å². The summed E-state index contributed by atoms with van der Waals surface area (Å²) in [6.07, 6.45) is 6.62. The Balaban J connectivity index is 1.49. The third-order valence-corrected chi connectivity index (χ3v) is 5.35. The van der Waals surface area contributed by atoms with E-state index >= 15 is 0 Å². The van der Waals surface area contributed by atoms with Gasteiger partial charge in [-0.1, -0.05) is 19.3 Å². The van der Waals surface area contributed by atoms with Crippen molar-refractivity contribution in [3.63, 3.8) is 0 Å². The van der Waals surface area contributed by atoms with Crippen LogP contribution in [0.1, 0.15) is 37.7 Å². The SMILES string of the molecule is S=C(NCCSCc1ccsc1)NC1CCCCC1. The Morgan fingerprint density at radius 3 is 2.95 bits per heavy atom. The minimum atomic E-state index is 0.604. The zero-order valence-corrected chi connectivity index (χ0v) is 13.6. The molecule has 0 saturated heterocycles. The molecule has 1 aromatic rings. The van der Waals surface area contributed by atoms with Gasteiger partial charge in [0.25, 0.3) is 0 Å².